The smallest absolute Gasteiger partial charge is 0.232 e. The fraction of sp³-hybridized carbons (Fsp3) is 0.409. The Bertz CT molecular complexity index is 893. The van der Waals surface area contributed by atoms with Gasteiger partial charge in [-0.15, -0.1) is 0 Å². The lowest BCUT2D eigenvalue weighted by atomic mass is 10.0. The molecule has 0 aliphatic rings. The average molecular weight is 419 g/mol. The third-order valence-corrected chi connectivity index (χ3v) is 5.94. The normalized spacial score (nSPS) is 12.3. The van der Waals surface area contributed by atoms with E-state index in [1.54, 1.807) is 19.2 Å². The average Bonchev–Trinajstić information content (AvgIpc) is 2.69. The van der Waals surface area contributed by atoms with Crippen LogP contribution in [0.5, 0.6) is 5.75 Å². The first-order valence-electron chi connectivity index (χ1n) is 9.72. The summed E-state index contributed by atoms with van der Waals surface area (Å²) < 4.78 is 30.9. The minimum atomic E-state index is -3.42. The van der Waals surface area contributed by atoms with Crippen molar-refractivity contribution in [2.75, 3.05) is 24.2 Å². The van der Waals surface area contributed by atoms with E-state index in [4.69, 9.17) is 4.74 Å². The molecular formula is C22H30N2O4S. The number of rotatable bonds is 10. The lowest BCUT2D eigenvalue weighted by Crippen LogP contribution is -2.33. The molecule has 1 amide bonds. The number of aryl methyl sites for hydroxylation is 1. The van der Waals surface area contributed by atoms with Crippen molar-refractivity contribution in [3.63, 3.8) is 0 Å². The fourth-order valence-electron chi connectivity index (χ4n) is 3.10. The van der Waals surface area contributed by atoms with E-state index in [2.05, 4.69) is 5.32 Å². The van der Waals surface area contributed by atoms with Gasteiger partial charge >= 0.3 is 0 Å². The molecule has 0 aliphatic heterocycles. The van der Waals surface area contributed by atoms with E-state index in [-0.39, 0.29) is 24.9 Å². The van der Waals surface area contributed by atoms with Crippen molar-refractivity contribution >= 4 is 21.6 Å². The Hall–Kier alpha value is -2.54. The van der Waals surface area contributed by atoms with E-state index in [9.17, 15) is 13.2 Å². The first-order chi connectivity index (χ1) is 13.7. The number of nitrogens with zero attached hydrogens (tertiary/aromatic N) is 1. The number of benzene rings is 2. The van der Waals surface area contributed by atoms with Crippen molar-refractivity contribution < 1.29 is 17.9 Å². The van der Waals surface area contributed by atoms with E-state index >= 15 is 0 Å². The summed E-state index contributed by atoms with van der Waals surface area (Å²) in [6, 6.07) is 14.9. The molecule has 0 unspecified atom stereocenters. The zero-order valence-corrected chi connectivity index (χ0v) is 18.3. The van der Waals surface area contributed by atoms with Gasteiger partial charge in [0.2, 0.25) is 15.9 Å². The van der Waals surface area contributed by atoms with Crippen LogP contribution in [0.2, 0.25) is 0 Å². The van der Waals surface area contributed by atoms with Crippen molar-refractivity contribution in [2.24, 2.45) is 0 Å². The first kappa shape index (κ1) is 22.7. The van der Waals surface area contributed by atoms with Crippen molar-refractivity contribution in [3.05, 3.63) is 59.7 Å². The summed E-state index contributed by atoms with van der Waals surface area (Å²) in [6.07, 6.45) is 2.64. The van der Waals surface area contributed by atoms with Crippen LogP contribution >= 0.6 is 0 Å². The van der Waals surface area contributed by atoms with Crippen molar-refractivity contribution in [1.82, 2.24) is 5.32 Å². The van der Waals surface area contributed by atoms with Gasteiger partial charge in [0.25, 0.3) is 0 Å². The molecule has 0 saturated heterocycles. The molecule has 0 heterocycles. The quantitative estimate of drug-likeness (QED) is 0.636. The number of sulfonamides is 1. The predicted molar refractivity (Wildman–Crippen MR) is 117 cm³/mol. The standard InChI is InChI=1S/C22H30N2O4S/c1-5-21(18-10-14-20(28-3)15-11-18)23-22(25)7-6-16-24(29(4,26)27)19-12-8-17(2)9-13-19/h8-15,21H,5-7,16H2,1-4H3,(H,23,25)/t21-/m1/s1. The van der Waals surface area contributed by atoms with Crippen LogP contribution in [0.1, 0.15) is 43.4 Å². The first-order valence-corrected chi connectivity index (χ1v) is 11.6. The maximum atomic E-state index is 12.4. The predicted octanol–water partition coefficient (Wildman–Crippen LogP) is 3.82. The van der Waals surface area contributed by atoms with Gasteiger partial charge in [0.05, 0.1) is 25.1 Å². The molecule has 0 fully saturated rings. The zero-order valence-electron chi connectivity index (χ0n) is 17.5. The van der Waals surface area contributed by atoms with Crippen molar-refractivity contribution in [3.8, 4) is 5.75 Å². The second kappa shape index (κ2) is 10.3. The van der Waals surface area contributed by atoms with Crippen molar-refractivity contribution in [1.29, 1.82) is 0 Å². The monoisotopic (exact) mass is 418 g/mol. The number of hydrogen-bond donors (Lipinski definition) is 1. The summed E-state index contributed by atoms with van der Waals surface area (Å²) in [4.78, 5) is 12.4. The molecule has 158 valence electrons. The van der Waals surface area contributed by atoms with Gasteiger partial charge in [-0.2, -0.15) is 0 Å². The third-order valence-electron chi connectivity index (χ3n) is 4.75. The number of hydrogen-bond acceptors (Lipinski definition) is 4. The van der Waals surface area contributed by atoms with Crippen LogP contribution in [0.3, 0.4) is 0 Å². The Balaban J connectivity index is 1.94. The van der Waals surface area contributed by atoms with E-state index in [0.29, 0.717) is 12.1 Å². The molecule has 0 aromatic heterocycles. The third kappa shape index (κ3) is 6.78. The van der Waals surface area contributed by atoms with E-state index < -0.39 is 10.0 Å². The number of ether oxygens (including phenoxy) is 1. The highest BCUT2D eigenvalue weighted by atomic mass is 32.2. The lowest BCUT2D eigenvalue weighted by molar-refractivity contribution is -0.121. The number of carbonyl (C=O) groups is 1. The van der Waals surface area contributed by atoms with Crippen LogP contribution < -0.4 is 14.4 Å². The van der Waals surface area contributed by atoms with E-state index in [1.807, 2.05) is 50.2 Å². The number of carbonyl (C=O) groups excluding carboxylic acids is 1. The maximum absolute atomic E-state index is 12.4. The van der Waals surface area contributed by atoms with Crippen LogP contribution in [0.25, 0.3) is 0 Å². The molecule has 1 N–H and O–H groups in total. The van der Waals surface area contributed by atoms with Crippen LogP contribution in [0.4, 0.5) is 5.69 Å². The highest BCUT2D eigenvalue weighted by Crippen LogP contribution is 2.21. The molecule has 2 aromatic carbocycles. The highest BCUT2D eigenvalue weighted by molar-refractivity contribution is 7.92. The molecule has 7 heteroatoms. The van der Waals surface area contributed by atoms with Gasteiger partial charge in [-0.25, -0.2) is 8.42 Å². The second-order valence-corrected chi connectivity index (χ2v) is 8.98. The molecule has 1 atom stereocenters. The molecule has 2 rings (SSSR count). The highest BCUT2D eigenvalue weighted by Gasteiger charge is 2.18. The lowest BCUT2D eigenvalue weighted by Gasteiger charge is -2.23. The SMILES string of the molecule is CC[C@@H](NC(=O)CCCN(c1ccc(C)cc1)S(C)(=O)=O)c1ccc(OC)cc1. The molecule has 2 aromatic rings. The molecule has 0 aliphatic carbocycles. The van der Waals surface area contributed by atoms with Crippen LogP contribution in [0.15, 0.2) is 48.5 Å². The summed E-state index contributed by atoms with van der Waals surface area (Å²) in [5, 5.41) is 3.03. The Labute approximate surface area is 173 Å². The topological polar surface area (TPSA) is 75.7 Å². The Kier molecular flexibility index (Phi) is 8.08. The van der Waals surface area contributed by atoms with Crippen LogP contribution in [-0.2, 0) is 14.8 Å². The molecule has 0 bridgehead atoms. The van der Waals surface area contributed by atoms with Gasteiger partial charge in [-0.3, -0.25) is 9.10 Å². The largest absolute Gasteiger partial charge is 0.497 e. The minimum Gasteiger partial charge on any atom is -0.497 e. The Morgan fingerprint density at radius 2 is 1.72 bits per heavy atom. The fourth-order valence-corrected chi connectivity index (χ4v) is 4.07. The van der Waals surface area contributed by atoms with Crippen LogP contribution in [-0.4, -0.2) is 34.2 Å². The van der Waals surface area contributed by atoms with Crippen molar-refractivity contribution in [2.45, 2.75) is 39.2 Å². The van der Waals surface area contributed by atoms with Gasteiger partial charge in [-0.1, -0.05) is 36.8 Å². The summed E-state index contributed by atoms with van der Waals surface area (Å²) in [5.41, 5.74) is 2.69. The molecule has 29 heavy (non-hydrogen) atoms. The Morgan fingerprint density at radius 1 is 1.10 bits per heavy atom. The van der Waals surface area contributed by atoms with Gasteiger partial charge < -0.3 is 10.1 Å². The molecule has 0 radical (unpaired) electrons. The van der Waals surface area contributed by atoms with E-state index in [1.165, 1.54) is 10.6 Å². The molecule has 0 spiro atoms. The molecule has 6 nitrogen and oxygen atoms in total. The Morgan fingerprint density at radius 3 is 2.24 bits per heavy atom. The minimum absolute atomic E-state index is 0.0866. The molecular weight excluding hydrogens is 388 g/mol. The van der Waals surface area contributed by atoms with E-state index in [0.717, 1.165) is 23.3 Å². The number of anilines is 1. The van der Waals surface area contributed by atoms with Crippen LogP contribution in [0, 0.1) is 6.92 Å². The number of methoxy groups -OCH3 is 1. The van der Waals surface area contributed by atoms with Gasteiger partial charge in [-0.05, 0) is 49.6 Å². The summed E-state index contributed by atoms with van der Waals surface area (Å²) in [7, 11) is -1.80. The number of amides is 1. The summed E-state index contributed by atoms with van der Waals surface area (Å²) in [5.74, 6) is 0.678. The summed E-state index contributed by atoms with van der Waals surface area (Å²) >= 11 is 0. The summed E-state index contributed by atoms with van der Waals surface area (Å²) in [6.45, 7) is 4.22. The second-order valence-electron chi connectivity index (χ2n) is 7.08. The number of nitrogens with one attached hydrogen (secondary N) is 1. The van der Waals surface area contributed by atoms with Gasteiger partial charge in [0.1, 0.15) is 5.75 Å². The molecule has 0 saturated carbocycles. The van der Waals surface area contributed by atoms with Gasteiger partial charge in [0.15, 0.2) is 0 Å². The maximum Gasteiger partial charge on any atom is 0.232 e. The van der Waals surface area contributed by atoms with Gasteiger partial charge in [0, 0.05) is 13.0 Å². The zero-order chi connectivity index (χ0) is 21.4.